The number of aromatic nitrogens is 4. The lowest BCUT2D eigenvalue weighted by Crippen LogP contribution is -2.43. The number of rotatable bonds is 12. The molecule has 9 aromatic rings. The lowest BCUT2D eigenvalue weighted by atomic mass is 9.91. The van der Waals surface area contributed by atoms with Gasteiger partial charge in [-0.25, -0.2) is 13.6 Å². The number of carboxylic acid groups (broad SMARTS) is 1. The number of benzene rings is 5. The Labute approximate surface area is 527 Å². The zero-order valence-electron chi connectivity index (χ0n) is 50.2. The maximum absolute atomic E-state index is 15.0. The van der Waals surface area contributed by atoms with Crippen LogP contribution in [0.25, 0.3) is 54.7 Å². The van der Waals surface area contributed by atoms with E-state index in [1.807, 2.05) is 10.6 Å². The molecule has 0 aliphatic rings. The first-order valence-corrected chi connectivity index (χ1v) is 28.3. The average molecular weight is 1420 g/mol. The highest BCUT2D eigenvalue weighted by molar-refractivity contribution is 14.1. The number of aryl methyl sites for hydroxylation is 3. The Morgan fingerprint density at radius 1 is 0.609 bits per heavy atom. The molecule has 30 heteroatoms. The molecule has 0 aliphatic carbocycles. The third kappa shape index (κ3) is 14.7. The molecule has 15 nitrogen and oxygen atoms in total. The van der Waals surface area contributed by atoms with Crippen molar-refractivity contribution >= 4 is 101 Å². The molecule has 92 heavy (non-hydrogen) atoms. The van der Waals surface area contributed by atoms with Crippen molar-refractivity contribution in [2.75, 3.05) is 62.3 Å². The topological polar surface area (TPSA) is 167 Å². The normalized spacial score (nSPS) is 12.7. The van der Waals surface area contributed by atoms with Crippen LogP contribution in [-0.2, 0) is 50.9 Å². The number of halogens is 15. The standard InChI is InChI=1S/C36H31F8N5O4.C13H12F3IN2O.C13H13F3N2O/c1-5-27(35(39,40)41)46-18-14-23(37)29(24(38)15-18)32(50)47-25(34(52)53)13-17-8-10-21(31-20(17)7-6-12-45-31)28-30(36(42,43)44)22-16-19(48(2)3)9-11-26(22)49(4)33(28)51;1-18(2)7-4-5-9-8(6-7)10(13(14,15)16)11(17)12(20)19(9)3;1-17(2)8-4-5-11-9(6-8)10(13(14,15)16)7-12(19)18(11)3/h6-12,14-16,25,27,46H,5,13H2,1-4H3,(H,47,50)(H,52,53);4-6H,1-3H3;4-7H,1-3H3/t25-,27+;;/m0../s1. The van der Waals surface area contributed by atoms with Crippen LogP contribution in [0.3, 0.4) is 0 Å². The van der Waals surface area contributed by atoms with Crippen LogP contribution in [0.1, 0.15) is 46.0 Å². The van der Waals surface area contributed by atoms with Crippen molar-refractivity contribution in [2.24, 2.45) is 21.1 Å². The first-order chi connectivity index (χ1) is 42.6. The summed E-state index contributed by atoms with van der Waals surface area (Å²) >= 11 is 1.47. The Morgan fingerprint density at radius 2 is 1.09 bits per heavy atom. The number of anilines is 4. The number of nitrogens with one attached hydrogen (secondary N) is 2. The number of carbonyl (C=O) groups is 2. The van der Waals surface area contributed by atoms with Gasteiger partial charge in [0.05, 0.1) is 47.9 Å². The van der Waals surface area contributed by atoms with Crippen molar-refractivity contribution in [1.29, 1.82) is 0 Å². The summed E-state index contributed by atoms with van der Waals surface area (Å²) in [5, 5.41) is 13.9. The van der Waals surface area contributed by atoms with E-state index in [0.29, 0.717) is 35.3 Å². The highest BCUT2D eigenvalue weighted by Crippen LogP contribution is 2.44. The van der Waals surface area contributed by atoms with Crippen molar-refractivity contribution in [1.82, 2.24) is 24.0 Å². The van der Waals surface area contributed by atoms with Crippen molar-refractivity contribution in [3.05, 3.63) is 177 Å². The molecule has 9 rings (SSSR count). The Hall–Kier alpha value is -8.97. The molecule has 490 valence electrons. The summed E-state index contributed by atoms with van der Waals surface area (Å²) in [7, 11) is 14.5. The third-order valence-electron chi connectivity index (χ3n) is 14.9. The molecule has 5 aromatic carbocycles. The van der Waals surface area contributed by atoms with Crippen LogP contribution in [0.15, 0.2) is 118 Å². The quantitative estimate of drug-likeness (QED) is 0.0787. The first-order valence-electron chi connectivity index (χ1n) is 27.2. The van der Waals surface area contributed by atoms with E-state index >= 15 is 0 Å². The Morgan fingerprint density at radius 3 is 1.54 bits per heavy atom. The number of fused-ring (bicyclic) bond motifs is 4. The monoisotopic (exact) mass is 1420 g/mol. The average Bonchev–Trinajstić information content (AvgIpc) is 0.741. The molecule has 3 N–H and O–H groups in total. The molecule has 0 bridgehead atoms. The molecule has 4 aromatic heterocycles. The predicted octanol–water partition coefficient (Wildman–Crippen LogP) is 13.1. The van der Waals surface area contributed by atoms with Gasteiger partial charge >= 0.3 is 30.7 Å². The molecule has 4 heterocycles. The Balaban J connectivity index is 0.000000248. The molecule has 0 saturated carbocycles. The minimum atomic E-state index is -5.01. The number of carboxylic acids is 1. The predicted molar refractivity (Wildman–Crippen MR) is 332 cm³/mol. The number of carbonyl (C=O) groups excluding carboxylic acids is 1. The molecular weight excluding hydrogens is 1360 g/mol. The summed E-state index contributed by atoms with van der Waals surface area (Å²) in [4.78, 5) is 71.8. The summed E-state index contributed by atoms with van der Waals surface area (Å²) < 4.78 is 196. The second kappa shape index (κ2) is 26.7. The van der Waals surface area contributed by atoms with Gasteiger partial charge in [0.2, 0.25) is 0 Å². The van der Waals surface area contributed by atoms with Crippen molar-refractivity contribution in [3.63, 3.8) is 0 Å². The summed E-state index contributed by atoms with van der Waals surface area (Å²) in [6.45, 7) is 1.20. The minimum absolute atomic E-state index is 0.0239. The van der Waals surface area contributed by atoms with E-state index in [0.717, 1.165) is 4.57 Å². The Bertz CT molecular complexity index is 4520. The van der Waals surface area contributed by atoms with E-state index in [4.69, 9.17) is 0 Å². The second-order valence-corrected chi connectivity index (χ2v) is 22.7. The fourth-order valence-electron chi connectivity index (χ4n) is 10.1. The van der Waals surface area contributed by atoms with Gasteiger partial charge in [-0.1, -0.05) is 25.1 Å². The highest BCUT2D eigenvalue weighted by atomic mass is 127. The summed E-state index contributed by atoms with van der Waals surface area (Å²) in [5.74, 6) is -6.33. The molecule has 2 atom stereocenters. The molecular formula is C62H56F14IN9O6. The third-order valence-corrected chi connectivity index (χ3v) is 15.9. The summed E-state index contributed by atoms with van der Waals surface area (Å²) in [6, 6.07) is 16.5. The number of pyridine rings is 4. The van der Waals surface area contributed by atoms with Crippen molar-refractivity contribution < 1.29 is 76.2 Å². The second-order valence-electron chi connectivity index (χ2n) is 21.6. The maximum Gasteiger partial charge on any atom is 0.418 e. The van der Waals surface area contributed by atoms with E-state index in [-0.39, 0.29) is 58.3 Å². The van der Waals surface area contributed by atoms with Gasteiger partial charge < -0.3 is 44.1 Å². The lowest BCUT2D eigenvalue weighted by Gasteiger charge is -2.22. The van der Waals surface area contributed by atoms with Crippen molar-refractivity contribution in [3.8, 4) is 11.1 Å². The van der Waals surface area contributed by atoms with Gasteiger partial charge in [0.1, 0.15) is 29.3 Å². The number of amides is 1. The first kappa shape index (κ1) is 70.5. The molecule has 1 amide bonds. The van der Waals surface area contributed by atoms with Crippen LogP contribution in [0.4, 0.5) is 84.2 Å². The van der Waals surface area contributed by atoms with E-state index in [1.54, 1.807) is 75.2 Å². The molecule has 0 spiro atoms. The van der Waals surface area contributed by atoms with E-state index < -0.39 is 123 Å². The van der Waals surface area contributed by atoms with Gasteiger partial charge in [-0.15, -0.1) is 0 Å². The minimum Gasteiger partial charge on any atom is -0.480 e. The number of aliphatic carboxylic acids is 1. The van der Waals surface area contributed by atoms with Crippen LogP contribution < -0.4 is 42.0 Å². The van der Waals surface area contributed by atoms with Gasteiger partial charge in [-0.3, -0.25) is 24.2 Å². The molecule has 0 fully saturated rings. The van der Waals surface area contributed by atoms with E-state index in [1.165, 1.54) is 127 Å². The smallest absolute Gasteiger partial charge is 0.418 e. The zero-order valence-corrected chi connectivity index (χ0v) is 52.3. The highest BCUT2D eigenvalue weighted by Gasteiger charge is 2.41. The maximum atomic E-state index is 15.0. The largest absolute Gasteiger partial charge is 0.480 e. The SMILES string of the molecule is CC[C@@H](Nc1cc(F)c(C(=O)N[C@@H](Cc2ccc(-c3c(C(F)(F)F)c4cc(N(C)C)ccc4n(C)c3=O)c3ncccc23)C(=O)O)c(F)c1)C(F)(F)F.CN(C)c1ccc2c(c1)c(C(F)(F)F)c(I)c(=O)n2C.CN(C)c1ccc2c(c1)c(C(F)(F)F)cc(=O)n2C. The van der Waals surface area contributed by atoms with Crippen LogP contribution in [0, 0.1) is 15.2 Å². The van der Waals surface area contributed by atoms with Gasteiger partial charge in [0.15, 0.2) is 0 Å². The van der Waals surface area contributed by atoms with Gasteiger partial charge in [-0.05, 0) is 107 Å². The fourth-order valence-corrected chi connectivity index (χ4v) is 11.1. The Kier molecular flexibility index (Phi) is 20.5. The number of hydrogen-bond donors (Lipinski definition) is 3. The summed E-state index contributed by atoms with van der Waals surface area (Å²) in [6.07, 6.45) is -18.6. The van der Waals surface area contributed by atoms with Crippen molar-refractivity contribution in [2.45, 2.75) is 56.6 Å². The van der Waals surface area contributed by atoms with Crippen LogP contribution in [0.2, 0.25) is 0 Å². The van der Waals surface area contributed by atoms with Crippen LogP contribution in [0.5, 0.6) is 0 Å². The number of hydrogen-bond acceptors (Lipinski definition) is 10. The van der Waals surface area contributed by atoms with Gasteiger partial charge in [-0.2, -0.15) is 52.7 Å². The van der Waals surface area contributed by atoms with Gasteiger partial charge in [0.25, 0.3) is 22.6 Å². The van der Waals surface area contributed by atoms with Crippen LogP contribution in [-0.4, -0.2) is 96.2 Å². The molecule has 0 saturated heterocycles. The van der Waals surface area contributed by atoms with Gasteiger partial charge in [0, 0.05) is 132 Å². The zero-order chi connectivity index (χ0) is 68.8. The molecule has 0 aliphatic heterocycles. The van der Waals surface area contributed by atoms with Crippen LogP contribution >= 0.6 is 22.6 Å². The fraction of sp³-hybridized carbons (Fsp3) is 0.290. The molecule has 0 radical (unpaired) electrons. The number of nitrogens with zero attached hydrogens (tertiary/aromatic N) is 7. The summed E-state index contributed by atoms with van der Waals surface area (Å²) in [5.41, 5.74) is -5.69. The van der Waals surface area contributed by atoms with E-state index in [2.05, 4.69) is 4.98 Å². The lowest BCUT2D eigenvalue weighted by molar-refractivity contribution is -0.143. The van der Waals surface area contributed by atoms with E-state index in [9.17, 15) is 90.5 Å². The number of alkyl halides is 12. The molecule has 0 unspecified atom stereocenters.